The fourth-order valence-electron chi connectivity index (χ4n) is 2.94. The second-order valence-corrected chi connectivity index (χ2v) is 8.81. The zero-order valence-electron chi connectivity index (χ0n) is 11.4. The minimum atomic E-state index is -3.00. The van der Waals surface area contributed by atoms with Crippen molar-refractivity contribution in [3.05, 3.63) is 33.8 Å². The van der Waals surface area contributed by atoms with E-state index in [1.165, 1.54) is 6.26 Å². The van der Waals surface area contributed by atoms with Gasteiger partial charge in [-0.3, -0.25) is 0 Å². The van der Waals surface area contributed by atoms with Gasteiger partial charge in [-0.15, -0.1) is 0 Å². The Morgan fingerprint density at radius 1 is 1.20 bits per heavy atom. The third-order valence-electron chi connectivity index (χ3n) is 4.05. The van der Waals surface area contributed by atoms with Gasteiger partial charge in [-0.25, -0.2) is 8.42 Å². The van der Waals surface area contributed by atoms with E-state index in [2.05, 4.69) is 0 Å². The normalized spacial score (nSPS) is 25.4. The number of halogens is 2. The summed E-state index contributed by atoms with van der Waals surface area (Å²) in [5.41, 5.74) is 7.18. The van der Waals surface area contributed by atoms with Crippen molar-refractivity contribution in [2.24, 2.45) is 11.7 Å². The summed E-state index contributed by atoms with van der Waals surface area (Å²) in [6.07, 6.45) is 4.49. The molecule has 0 radical (unpaired) electrons. The number of hydrogen-bond acceptors (Lipinski definition) is 3. The molecule has 1 saturated carbocycles. The predicted octanol–water partition coefficient (Wildman–Crippen LogP) is 3.60. The van der Waals surface area contributed by atoms with Crippen LogP contribution in [0.2, 0.25) is 10.0 Å². The molecule has 0 bridgehead atoms. The fraction of sp³-hybridized carbons (Fsp3) is 0.571. The standard InChI is InChI=1S/C14H19Cl2NO2S/c1-20(18,19)13-4-2-3-9(7-13)14(17)10-5-11(15)8-12(16)6-10/h5-6,8-9,13-14H,2-4,7,17H2,1H3. The Balaban J connectivity index is 2.18. The molecule has 1 aromatic carbocycles. The average Bonchev–Trinajstić information content (AvgIpc) is 2.36. The molecule has 1 aromatic rings. The van der Waals surface area contributed by atoms with E-state index in [4.69, 9.17) is 28.9 Å². The van der Waals surface area contributed by atoms with E-state index in [1.54, 1.807) is 6.07 Å². The molecule has 0 saturated heterocycles. The summed E-state index contributed by atoms with van der Waals surface area (Å²) in [7, 11) is -3.00. The van der Waals surface area contributed by atoms with Crippen LogP contribution < -0.4 is 5.73 Å². The van der Waals surface area contributed by atoms with Crippen molar-refractivity contribution < 1.29 is 8.42 Å². The quantitative estimate of drug-likeness (QED) is 0.917. The van der Waals surface area contributed by atoms with Crippen molar-refractivity contribution in [3.63, 3.8) is 0 Å². The molecule has 1 aliphatic carbocycles. The van der Waals surface area contributed by atoms with Crippen LogP contribution in [0, 0.1) is 5.92 Å². The second kappa shape index (κ2) is 6.22. The highest BCUT2D eigenvalue weighted by Crippen LogP contribution is 2.36. The van der Waals surface area contributed by atoms with Gasteiger partial charge in [0.15, 0.2) is 0 Å². The summed E-state index contributed by atoms with van der Waals surface area (Å²) in [5, 5.41) is 0.832. The van der Waals surface area contributed by atoms with Gasteiger partial charge in [0, 0.05) is 22.3 Å². The van der Waals surface area contributed by atoms with Crippen LogP contribution in [0.4, 0.5) is 0 Å². The highest BCUT2D eigenvalue weighted by molar-refractivity contribution is 7.91. The molecule has 0 aromatic heterocycles. The number of rotatable bonds is 3. The molecule has 3 nitrogen and oxygen atoms in total. The largest absolute Gasteiger partial charge is 0.324 e. The van der Waals surface area contributed by atoms with Gasteiger partial charge in [-0.2, -0.15) is 0 Å². The molecule has 2 rings (SSSR count). The van der Waals surface area contributed by atoms with E-state index >= 15 is 0 Å². The smallest absolute Gasteiger partial charge is 0.150 e. The van der Waals surface area contributed by atoms with Gasteiger partial charge in [0.2, 0.25) is 0 Å². The van der Waals surface area contributed by atoms with Crippen molar-refractivity contribution in [2.75, 3.05) is 6.26 Å². The molecule has 0 amide bonds. The molecule has 0 aliphatic heterocycles. The Morgan fingerprint density at radius 3 is 2.35 bits per heavy atom. The lowest BCUT2D eigenvalue weighted by molar-refractivity contribution is 0.309. The Morgan fingerprint density at radius 2 is 1.80 bits per heavy atom. The molecule has 0 heterocycles. The molecule has 0 spiro atoms. The first-order chi connectivity index (χ1) is 9.27. The van der Waals surface area contributed by atoms with Gasteiger partial charge >= 0.3 is 0 Å². The maximum absolute atomic E-state index is 11.7. The van der Waals surface area contributed by atoms with Crippen molar-refractivity contribution in [3.8, 4) is 0 Å². The number of hydrogen-bond donors (Lipinski definition) is 1. The van der Waals surface area contributed by atoms with E-state index in [-0.39, 0.29) is 17.2 Å². The van der Waals surface area contributed by atoms with E-state index in [0.29, 0.717) is 16.5 Å². The highest BCUT2D eigenvalue weighted by Gasteiger charge is 2.32. The lowest BCUT2D eigenvalue weighted by atomic mass is 9.81. The highest BCUT2D eigenvalue weighted by atomic mass is 35.5. The minimum Gasteiger partial charge on any atom is -0.324 e. The van der Waals surface area contributed by atoms with Gasteiger partial charge < -0.3 is 5.73 Å². The van der Waals surface area contributed by atoms with E-state index in [0.717, 1.165) is 24.8 Å². The number of nitrogens with two attached hydrogens (primary N) is 1. The minimum absolute atomic E-state index is 0.151. The summed E-state index contributed by atoms with van der Waals surface area (Å²) in [5.74, 6) is 0.151. The van der Waals surface area contributed by atoms with Crippen LogP contribution >= 0.6 is 23.2 Å². The van der Waals surface area contributed by atoms with E-state index < -0.39 is 9.84 Å². The predicted molar refractivity (Wildman–Crippen MR) is 84.0 cm³/mol. The molecule has 20 heavy (non-hydrogen) atoms. The molecule has 112 valence electrons. The topological polar surface area (TPSA) is 60.2 Å². The Hall–Kier alpha value is -0.290. The zero-order valence-corrected chi connectivity index (χ0v) is 13.7. The Kier molecular flexibility index (Phi) is 5.00. The molecular weight excluding hydrogens is 317 g/mol. The van der Waals surface area contributed by atoms with Crippen LogP contribution in [-0.4, -0.2) is 19.9 Å². The van der Waals surface area contributed by atoms with Crippen molar-refractivity contribution in [2.45, 2.75) is 37.0 Å². The maximum atomic E-state index is 11.7. The molecule has 3 unspecified atom stereocenters. The van der Waals surface area contributed by atoms with E-state index in [1.807, 2.05) is 12.1 Å². The molecule has 3 atom stereocenters. The summed E-state index contributed by atoms with van der Waals surface area (Å²) < 4.78 is 23.4. The van der Waals surface area contributed by atoms with Crippen LogP contribution in [0.15, 0.2) is 18.2 Å². The first-order valence-electron chi connectivity index (χ1n) is 6.68. The van der Waals surface area contributed by atoms with Crippen molar-refractivity contribution in [1.82, 2.24) is 0 Å². The maximum Gasteiger partial charge on any atom is 0.150 e. The number of sulfone groups is 1. The lowest BCUT2D eigenvalue weighted by Gasteiger charge is -2.32. The van der Waals surface area contributed by atoms with Gasteiger partial charge in [0.25, 0.3) is 0 Å². The van der Waals surface area contributed by atoms with Gasteiger partial charge in [0.05, 0.1) is 5.25 Å². The summed E-state index contributed by atoms with van der Waals surface area (Å²) in [4.78, 5) is 0. The lowest BCUT2D eigenvalue weighted by Crippen LogP contribution is -2.33. The fourth-order valence-corrected chi connectivity index (χ4v) is 4.67. The number of benzene rings is 1. The molecule has 1 aliphatic rings. The monoisotopic (exact) mass is 335 g/mol. The van der Waals surface area contributed by atoms with Crippen LogP contribution in [0.3, 0.4) is 0 Å². The first-order valence-corrected chi connectivity index (χ1v) is 9.39. The third-order valence-corrected chi connectivity index (χ3v) is 6.13. The molecular formula is C14H19Cl2NO2S. The first kappa shape index (κ1) is 16.1. The second-order valence-electron chi connectivity index (χ2n) is 5.61. The van der Waals surface area contributed by atoms with Crippen molar-refractivity contribution >= 4 is 33.0 Å². The Labute approximate surface area is 130 Å². The van der Waals surface area contributed by atoms with Crippen LogP contribution in [-0.2, 0) is 9.84 Å². The SMILES string of the molecule is CS(=O)(=O)C1CCCC(C(N)c2cc(Cl)cc(Cl)c2)C1. The van der Waals surface area contributed by atoms with Gasteiger partial charge in [-0.05, 0) is 48.9 Å². The van der Waals surface area contributed by atoms with Crippen molar-refractivity contribution in [1.29, 1.82) is 0 Å². The van der Waals surface area contributed by atoms with Crippen LogP contribution in [0.1, 0.15) is 37.3 Å². The average molecular weight is 336 g/mol. The third kappa shape index (κ3) is 3.88. The zero-order chi connectivity index (χ0) is 14.9. The van der Waals surface area contributed by atoms with Gasteiger partial charge in [0.1, 0.15) is 9.84 Å². The summed E-state index contributed by atoms with van der Waals surface area (Å²) in [6, 6.07) is 5.06. The summed E-state index contributed by atoms with van der Waals surface area (Å²) >= 11 is 12.0. The van der Waals surface area contributed by atoms with E-state index in [9.17, 15) is 8.42 Å². The molecule has 6 heteroatoms. The Bertz CT molecular complexity index is 569. The van der Waals surface area contributed by atoms with Crippen LogP contribution in [0.5, 0.6) is 0 Å². The van der Waals surface area contributed by atoms with Crippen LogP contribution in [0.25, 0.3) is 0 Å². The molecule has 1 fully saturated rings. The summed E-state index contributed by atoms with van der Waals surface area (Å²) in [6.45, 7) is 0. The van der Waals surface area contributed by atoms with Gasteiger partial charge in [-0.1, -0.05) is 29.6 Å². The molecule has 2 N–H and O–H groups in total.